The fourth-order valence-electron chi connectivity index (χ4n) is 3.08. The van der Waals surface area contributed by atoms with Gasteiger partial charge in [0.1, 0.15) is 9.96 Å². The Balaban J connectivity index is 1.51. The molecule has 1 aromatic heterocycles. The molecule has 0 saturated heterocycles. The zero-order valence-electron chi connectivity index (χ0n) is 14.8. The molecule has 1 atom stereocenters. The summed E-state index contributed by atoms with van der Waals surface area (Å²) in [6.45, 7) is 0.530. The highest BCUT2D eigenvalue weighted by atomic mass is 32.2. The SMILES string of the molecule is O=C(NC1CCOc2ccccc21)c1cccc(NS(=O)(=O)c2cccs2)c1. The smallest absolute Gasteiger partial charge is 0.271 e. The number of para-hydroxylation sites is 1. The molecule has 2 aromatic carbocycles. The van der Waals surface area contributed by atoms with Crippen LogP contribution in [0.25, 0.3) is 0 Å². The maximum Gasteiger partial charge on any atom is 0.271 e. The van der Waals surface area contributed by atoms with Gasteiger partial charge in [0.05, 0.1) is 12.6 Å². The Hall–Kier alpha value is -2.84. The lowest BCUT2D eigenvalue weighted by molar-refractivity contribution is 0.0925. The van der Waals surface area contributed by atoms with Gasteiger partial charge in [-0.05, 0) is 35.7 Å². The minimum Gasteiger partial charge on any atom is -0.493 e. The van der Waals surface area contributed by atoms with Crippen LogP contribution in [0.4, 0.5) is 5.69 Å². The second-order valence-corrected chi connectivity index (χ2v) is 9.18. The monoisotopic (exact) mass is 414 g/mol. The first-order valence-corrected chi connectivity index (χ1v) is 11.1. The topological polar surface area (TPSA) is 84.5 Å². The van der Waals surface area contributed by atoms with Gasteiger partial charge in [0.15, 0.2) is 0 Å². The van der Waals surface area contributed by atoms with Crippen LogP contribution in [-0.2, 0) is 10.0 Å². The summed E-state index contributed by atoms with van der Waals surface area (Å²) in [7, 11) is -3.66. The Labute approximate surface area is 167 Å². The first-order chi connectivity index (χ1) is 13.5. The number of carbonyl (C=O) groups excluding carboxylic acids is 1. The number of hydrogen-bond acceptors (Lipinski definition) is 5. The van der Waals surface area contributed by atoms with Crippen molar-refractivity contribution in [3.8, 4) is 5.75 Å². The number of sulfonamides is 1. The summed E-state index contributed by atoms with van der Waals surface area (Å²) < 4.78 is 33.1. The van der Waals surface area contributed by atoms with Gasteiger partial charge >= 0.3 is 0 Å². The molecule has 6 nitrogen and oxygen atoms in total. The molecule has 2 N–H and O–H groups in total. The van der Waals surface area contributed by atoms with E-state index in [9.17, 15) is 13.2 Å². The molecule has 1 aliphatic heterocycles. The van der Waals surface area contributed by atoms with Crippen LogP contribution >= 0.6 is 11.3 Å². The summed E-state index contributed by atoms with van der Waals surface area (Å²) in [6, 6.07) is 17.1. The number of ether oxygens (including phenoxy) is 1. The zero-order valence-corrected chi connectivity index (χ0v) is 16.4. The third-order valence-corrected chi connectivity index (χ3v) is 7.18. The van der Waals surface area contributed by atoms with Gasteiger partial charge in [0, 0.05) is 23.2 Å². The quantitative estimate of drug-likeness (QED) is 0.665. The van der Waals surface area contributed by atoms with E-state index in [1.54, 1.807) is 29.6 Å². The number of fused-ring (bicyclic) bond motifs is 1. The highest BCUT2D eigenvalue weighted by molar-refractivity contribution is 7.94. The van der Waals surface area contributed by atoms with Crippen molar-refractivity contribution in [2.75, 3.05) is 11.3 Å². The summed E-state index contributed by atoms with van der Waals surface area (Å²) >= 11 is 1.13. The van der Waals surface area contributed by atoms with E-state index in [1.807, 2.05) is 24.3 Å². The van der Waals surface area contributed by atoms with Crippen molar-refractivity contribution >= 4 is 33.0 Å². The van der Waals surface area contributed by atoms with Crippen LogP contribution in [0.3, 0.4) is 0 Å². The van der Waals surface area contributed by atoms with Crippen LogP contribution in [0.15, 0.2) is 70.3 Å². The molecule has 4 rings (SSSR count). The van der Waals surface area contributed by atoms with Gasteiger partial charge in [0.25, 0.3) is 15.9 Å². The van der Waals surface area contributed by atoms with E-state index in [1.165, 1.54) is 12.1 Å². The molecule has 1 unspecified atom stereocenters. The molecule has 0 bridgehead atoms. The highest BCUT2D eigenvalue weighted by Gasteiger charge is 2.23. The summed E-state index contributed by atoms with van der Waals surface area (Å²) in [5.41, 5.74) is 1.67. The molecule has 28 heavy (non-hydrogen) atoms. The van der Waals surface area contributed by atoms with Gasteiger partial charge in [0.2, 0.25) is 0 Å². The van der Waals surface area contributed by atoms with Crippen molar-refractivity contribution in [1.82, 2.24) is 5.32 Å². The van der Waals surface area contributed by atoms with Crippen molar-refractivity contribution in [3.63, 3.8) is 0 Å². The Morgan fingerprint density at radius 2 is 1.93 bits per heavy atom. The number of carbonyl (C=O) groups is 1. The summed E-state index contributed by atoms with van der Waals surface area (Å²) in [6.07, 6.45) is 0.674. The van der Waals surface area contributed by atoms with Gasteiger partial charge in [-0.15, -0.1) is 11.3 Å². The second-order valence-electron chi connectivity index (χ2n) is 6.32. The fraction of sp³-hybridized carbons (Fsp3) is 0.150. The van der Waals surface area contributed by atoms with Gasteiger partial charge in [-0.2, -0.15) is 0 Å². The number of rotatable bonds is 5. The maximum absolute atomic E-state index is 12.7. The van der Waals surface area contributed by atoms with Crippen LogP contribution in [-0.4, -0.2) is 20.9 Å². The molecule has 1 aliphatic rings. The molecule has 0 spiro atoms. The Kier molecular flexibility index (Phi) is 5.06. The third kappa shape index (κ3) is 3.88. The molecule has 3 aromatic rings. The molecular weight excluding hydrogens is 396 g/mol. The van der Waals surface area contributed by atoms with E-state index >= 15 is 0 Å². The van der Waals surface area contributed by atoms with Crippen molar-refractivity contribution in [1.29, 1.82) is 0 Å². The predicted molar refractivity (Wildman–Crippen MR) is 108 cm³/mol. The third-order valence-electron chi connectivity index (χ3n) is 4.40. The number of thiophene rings is 1. The number of nitrogens with one attached hydrogen (secondary N) is 2. The number of hydrogen-bond donors (Lipinski definition) is 2. The van der Waals surface area contributed by atoms with E-state index in [4.69, 9.17) is 4.74 Å². The number of amides is 1. The van der Waals surface area contributed by atoms with Crippen LogP contribution in [0.5, 0.6) is 5.75 Å². The van der Waals surface area contributed by atoms with Gasteiger partial charge in [-0.1, -0.05) is 30.3 Å². The molecule has 0 aliphatic carbocycles. The molecule has 0 fully saturated rings. The van der Waals surface area contributed by atoms with E-state index in [0.717, 1.165) is 22.6 Å². The summed E-state index contributed by atoms with van der Waals surface area (Å²) in [4.78, 5) is 12.7. The van der Waals surface area contributed by atoms with E-state index in [0.29, 0.717) is 24.3 Å². The van der Waals surface area contributed by atoms with Crippen molar-refractivity contribution in [3.05, 3.63) is 77.2 Å². The van der Waals surface area contributed by atoms with Crippen molar-refractivity contribution < 1.29 is 17.9 Å². The lowest BCUT2D eigenvalue weighted by atomic mass is 10.00. The van der Waals surface area contributed by atoms with Crippen LogP contribution in [0, 0.1) is 0 Å². The highest BCUT2D eigenvalue weighted by Crippen LogP contribution is 2.31. The second kappa shape index (κ2) is 7.65. The lowest BCUT2D eigenvalue weighted by Gasteiger charge is -2.26. The summed E-state index contributed by atoms with van der Waals surface area (Å²) in [5.74, 6) is 0.510. The predicted octanol–water partition coefficient (Wildman–Crippen LogP) is 3.80. The fourth-order valence-corrected chi connectivity index (χ4v) is 5.12. The Bertz CT molecular complexity index is 1090. The molecular formula is C20H18N2O4S2. The van der Waals surface area contributed by atoms with Gasteiger partial charge in [-0.3, -0.25) is 9.52 Å². The Morgan fingerprint density at radius 3 is 2.75 bits per heavy atom. The first kappa shape index (κ1) is 18.5. The molecule has 1 amide bonds. The largest absolute Gasteiger partial charge is 0.493 e. The van der Waals surface area contributed by atoms with Gasteiger partial charge in [-0.25, -0.2) is 8.42 Å². The Morgan fingerprint density at radius 1 is 1.07 bits per heavy atom. The molecule has 0 saturated carbocycles. The average Bonchev–Trinajstić information content (AvgIpc) is 3.24. The van der Waals surface area contributed by atoms with Crippen LogP contribution in [0.2, 0.25) is 0 Å². The van der Waals surface area contributed by atoms with Crippen molar-refractivity contribution in [2.45, 2.75) is 16.7 Å². The maximum atomic E-state index is 12.7. The van der Waals surface area contributed by atoms with E-state index in [-0.39, 0.29) is 16.2 Å². The van der Waals surface area contributed by atoms with E-state index < -0.39 is 10.0 Å². The number of anilines is 1. The average molecular weight is 415 g/mol. The zero-order chi connectivity index (χ0) is 19.6. The van der Waals surface area contributed by atoms with Crippen LogP contribution < -0.4 is 14.8 Å². The molecule has 8 heteroatoms. The standard InChI is InChI=1S/C20H18N2O4S2/c23-20(21-17-10-11-26-18-8-2-1-7-16(17)18)14-5-3-6-15(13-14)22-28(24,25)19-9-4-12-27-19/h1-9,12-13,17,22H,10-11H2,(H,21,23). The lowest BCUT2D eigenvalue weighted by Crippen LogP contribution is -2.32. The number of benzene rings is 2. The summed E-state index contributed by atoms with van der Waals surface area (Å²) in [5, 5.41) is 4.71. The van der Waals surface area contributed by atoms with Gasteiger partial charge < -0.3 is 10.1 Å². The minimum atomic E-state index is -3.66. The minimum absolute atomic E-state index is 0.149. The van der Waals surface area contributed by atoms with Crippen molar-refractivity contribution in [2.24, 2.45) is 0 Å². The van der Waals surface area contributed by atoms with Crippen LogP contribution in [0.1, 0.15) is 28.4 Å². The molecule has 144 valence electrons. The normalized spacial score (nSPS) is 15.9. The first-order valence-electron chi connectivity index (χ1n) is 8.72. The molecule has 2 heterocycles. The van der Waals surface area contributed by atoms with E-state index in [2.05, 4.69) is 10.0 Å². The molecule has 0 radical (unpaired) electrons.